The fourth-order valence-corrected chi connectivity index (χ4v) is 2.36. The maximum absolute atomic E-state index is 4.69. The van der Waals surface area contributed by atoms with Gasteiger partial charge >= 0.3 is 0 Å². The Bertz CT molecular complexity index is 710. The molecule has 19 heavy (non-hydrogen) atoms. The Morgan fingerprint density at radius 3 is 2.68 bits per heavy atom. The molecule has 0 aliphatic rings. The Morgan fingerprint density at radius 2 is 2.00 bits per heavy atom. The molecule has 98 valence electrons. The van der Waals surface area contributed by atoms with Gasteiger partial charge in [-0.2, -0.15) is 5.10 Å². The largest absolute Gasteiger partial charge is 0.373 e. The van der Waals surface area contributed by atoms with Gasteiger partial charge in [0.1, 0.15) is 5.82 Å². The van der Waals surface area contributed by atoms with Crippen LogP contribution in [0.3, 0.4) is 0 Å². The van der Waals surface area contributed by atoms with Gasteiger partial charge in [0.05, 0.1) is 29.0 Å². The van der Waals surface area contributed by atoms with Crippen molar-refractivity contribution in [3.8, 4) is 0 Å². The van der Waals surface area contributed by atoms with Crippen molar-refractivity contribution in [3.63, 3.8) is 0 Å². The van der Waals surface area contributed by atoms with Crippen LogP contribution in [0, 0.1) is 0 Å². The number of aromatic nitrogens is 4. The molecule has 2 heterocycles. The van der Waals surface area contributed by atoms with Gasteiger partial charge in [-0.15, -0.1) is 0 Å². The van der Waals surface area contributed by atoms with E-state index in [0.29, 0.717) is 0 Å². The summed E-state index contributed by atoms with van der Waals surface area (Å²) in [5.74, 6) is 1.02. The third kappa shape index (κ3) is 2.07. The maximum Gasteiger partial charge on any atom is 0.131 e. The molecule has 2 aromatic heterocycles. The van der Waals surface area contributed by atoms with E-state index in [9.17, 15) is 0 Å². The molecule has 1 unspecified atom stereocenters. The number of nitrogens with zero attached hydrogens (tertiary/aromatic N) is 4. The topological polar surface area (TPSA) is 47.7 Å². The van der Waals surface area contributed by atoms with Crippen LogP contribution in [0.4, 0.5) is 5.69 Å². The number of hydrogen-bond acceptors (Lipinski definition) is 3. The van der Waals surface area contributed by atoms with Gasteiger partial charge in [-0.05, 0) is 19.1 Å². The molecular weight excluding hydrogens is 238 g/mol. The highest BCUT2D eigenvalue weighted by Crippen LogP contribution is 2.22. The number of anilines is 1. The standard InChI is InChI=1S/C14H17N5/c1-10(16-11-8-15-18(2)9-11)14-17-12-6-4-5-7-13(12)19(14)3/h4-10,16H,1-3H3. The molecule has 0 aliphatic heterocycles. The summed E-state index contributed by atoms with van der Waals surface area (Å²) in [5.41, 5.74) is 3.18. The molecule has 3 rings (SSSR count). The normalized spacial score (nSPS) is 12.8. The minimum atomic E-state index is 0.126. The molecular formula is C14H17N5. The highest BCUT2D eigenvalue weighted by atomic mass is 15.3. The van der Waals surface area contributed by atoms with E-state index in [2.05, 4.69) is 33.0 Å². The Labute approximate surface area is 111 Å². The number of hydrogen-bond donors (Lipinski definition) is 1. The molecule has 0 fully saturated rings. The zero-order chi connectivity index (χ0) is 13.4. The van der Waals surface area contributed by atoms with E-state index >= 15 is 0 Å². The lowest BCUT2D eigenvalue weighted by Crippen LogP contribution is -2.11. The average Bonchev–Trinajstić information content (AvgIpc) is 2.94. The van der Waals surface area contributed by atoms with Crippen LogP contribution in [-0.2, 0) is 14.1 Å². The predicted octanol–water partition coefficient (Wildman–Crippen LogP) is 2.48. The van der Waals surface area contributed by atoms with Crippen LogP contribution in [0.5, 0.6) is 0 Å². The maximum atomic E-state index is 4.69. The highest BCUT2D eigenvalue weighted by Gasteiger charge is 2.14. The molecule has 1 N–H and O–H groups in total. The quantitative estimate of drug-likeness (QED) is 0.782. The van der Waals surface area contributed by atoms with Crippen LogP contribution >= 0.6 is 0 Å². The molecule has 0 radical (unpaired) electrons. The second-order valence-corrected chi connectivity index (χ2v) is 4.79. The molecule has 0 spiro atoms. The summed E-state index contributed by atoms with van der Waals surface area (Å²) in [7, 11) is 3.96. The Hall–Kier alpha value is -2.30. The van der Waals surface area contributed by atoms with E-state index < -0.39 is 0 Å². The summed E-state index contributed by atoms with van der Waals surface area (Å²) in [4.78, 5) is 4.69. The van der Waals surface area contributed by atoms with Crippen LogP contribution in [0.1, 0.15) is 18.8 Å². The second kappa shape index (κ2) is 4.42. The van der Waals surface area contributed by atoms with E-state index in [1.807, 2.05) is 44.7 Å². The minimum Gasteiger partial charge on any atom is -0.373 e. The fraction of sp³-hybridized carbons (Fsp3) is 0.286. The summed E-state index contributed by atoms with van der Waals surface area (Å²) in [6.07, 6.45) is 3.78. The molecule has 3 aromatic rings. The van der Waals surface area contributed by atoms with Gasteiger partial charge in [0.15, 0.2) is 0 Å². The van der Waals surface area contributed by atoms with Crippen LogP contribution in [0.15, 0.2) is 36.7 Å². The first-order valence-electron chi connectivity index (χ1n) is 6.31. The number of aryl methyl sites for hydroxylation is 2. The van der Waals surface area contributed by atoms with E-state index in [1.54, 1.807) is 4.68 Å². The number of rotatable bonds is 3. The Balaban J connectivity index is 1.93. The zero-order valence-electron chi connectivity index (χ0n) is 11.3. The number of benzene rings is 1. The average molecular weight is 255 g/mol. The molecule has 0 aliphatic carbocycles. The number of para-hydroxylation sites is 2. The summed E-state index contributed by atoms with van der Waals surface area (Å²) >= 11 is 0. The Morgan fingerprint density at radius 1 is 1.21 bits per heavy atom. The van der Waals surface area contributed by atoms with Crippen molar-refractivity contribution in [2.24, 2.45) is 14.1 Å². The van der Waals surface area contributed by atoms with E-state index in [1.165, 1.54) is 0 Å². The van der Waals surface area contributed by atoms with Crippen LogP contribution in [0.25, 0.3) is 11.0 Å². The van der Waals surface area contributed by atoms with Gasteiger partial charge in [0, 0.05) is 20.3 Å². The lowest BCUT2D eigenvalue weighted by molar-refractivity contribution is 0.733. The third-order valence-corrected chi connectivity index (χ3v) is 3.30. The van der Waals surface area contributed by atoms with Crippen LogP contribution < -0.4 is 5.32 Å². The number of fused-ring (bicyclic) bond motifs is 1. The van der Waals surface area contributed by atoms with Crippen LogP contribution in [-0.4, -0.2) is 19.3 Å². The van der Waals surface area contributed by atoms with Crippen molar-refractivity contribution in [1.29, 1.82) is 0 Å². The molecule has 0 amide bonds. The summed E-state index contributed by atoms with van der Waals surface area (Å²) in [6, 6.07) is 8.30. The fourth-order valence-electron chi connectivity index (χ4n) is 2.36. The minimum absolute atomic E-state index is 0.126. The van der Waals surface area contributed by atoms with Crippen molar-refractivity contribution in [2.75, 3.05) is 5.32 Å². The van der Waals surface area contributed by atoms with Gasteiger partial charge in [-0.1, -0.05) is 12.1 Å². The highest BCUT2D eigenvalue weighted by molar-refractivity contribution is 5.76. The molecule has 5 nitrogen and oxygen atoms in total. The lowest BCUT2D eigenvalue weighted by Gasteiger charge is -2.13. The molecule has 0 saturated heterocycles. The van der Waals surface area contributed by atoms with E-state index in [-0.39, 0.29) is 6.04 Å². The first-order chi connectivity index (χ1) is 9.15. The zero-order valence-corrected chi connectivity index (χ0v) is 11.3. The van der Waals surface area contributed by atoms with Gasteiger partial charge in [-0.3, -0.25) is 4.68 Å². The first-order valence-corrected chi connectivity index (χ1v) is 6.31. The monoisotopic (exact) mass is 255 g/mol. The van der Waals surface area contributed by atoms with E-state index in [4.69, 9.17) is 0 Å². The molecule has 0 saturated carbocycles. The predicted molar refractivity (Wildman–Crippen MR) is 76.0 cm³/mol. The first kappa shape index (κ1) is 11.8. The second-order valence-electron chi connectivity index (χ2n) is 4.79. The van der Waals surface area contributed by atoms with Gasteiger partial charge in [0.25, 0.3) is 0 Å². The van der Waals surface area contributed by atoms with Crippen molar-refractivity contribution in [3.05, 3.63) is 42.5 Å². The van der Waals surface area contributed by atoms with Gasteiger partial charge in [0.2, 0.25) is 0 Å². The van der Waals surface area contributed by atoms with Crippen LogP contribution in [0.2, 0.25) is 0 Å². The SMILES string of the molecule is CC(Nc1cnn(C)c1)c1nc2ccccc2n1C. The lowest BCUT2D eigenvalue weighted by atomic mass is 10.3. The van der Waals surface area contributed by atoms with Crippen molar-refractivity contribution >= 4 is 16.7 Å². The molecule has 1 aromatic carbocycles. The third-order valence-electron chi connectivity index (χ3n) is 3.30. The van der Waals surface area contributed by atoms with Gasteiger partial charge in [-0.25, -0.2) is 4.98 Å². The summed E-state index contributed by atoms with van der Waals surface area (Å²) < 4.78 is 3.91. The van der Waals surface area contributed by atoms with Crippen molar-refractivity contribution in [2.45, 2.75) is 13.0 Å². The number of imidazole rings is 1. The van der Waals surface area contributed by atoms with E-state index in [0.717, 1.165) is 22.5 Å². The smallest absolute Gasteiger partial charge is 0.131 e. The molecule has 5 heteroatoms. The molecule has 1 atom stereocenters. The molecule has 0 bridgehead atoms. The van der Waals surface area contributed by atoms with Crippen molar-refractivity contribution in [1.82, 2.24) is 19.3 Å². The summed E-state index contributed by atoms with van der Waals surface area (Å²) in [5, 5.41) is 7.57. The summed E-state index contributed by atoms with van der Waals surface area (Å²) in [6.45, 7) is 2.11. The Kier molecular flexibility index (Phi) is 2.74. The van der Waals surface area contributed by atoms with Gasteiger partial charge < -0.3 is 9.88 Å². The number of nitrogens with one attached hydrogen (secondary N) is 1. The van der Waals surface area contributed by atoms with Crippen molar-refractivity contribution < 1.29 is 0 Å².